The van der Waals surface area contributed by atoms with Gasteiger partial charge in [-0.1, -0.05) is 0 Å². The first kappa shape index (κ1) is 13.7. The number of halogens is 1. The maximum absolute atomic E-state index is 12.3. The average molecular weight is 292 g/mol. The summed E-state index contributed by atoms with van der Waals surface area (Å²) in [5.41, 5.74) is 0. The van der Waals surface area contributed by atoms with Gasteiger partial charge in [-0.2, -0.15) is 4.31 Å². The van der Waals surface area contributed by atoms with E-state index in [1.165, 1.54) is 16.7 Å². The molecule has 0 aromatic carbocycles. The highest BCUT2D eigenvalue weighted by molar-refractivity contribution is 7.89. The zero-order valence-corrected chi connectivity index (χ0v) is 11.5. The molecule has 0 N–H and O–H groups in total. The van der Waals surface area contributed by atoms with E-state index >= 15 is 0 Å². The Morgan fingerprint density at radius 2 is 1.89 bits per heavy atom. The molecule has 1 fully saturated rings. The molecule has 1 aliphatic rings. The molecular formula is C10H14ClN3O3S. The van der Waals surface area contributed by atoms with Gasteiger partial charge in [-0.05, 0) is 24.4 Å². The Morgan fingerprint density at radius 3 is 2.44 bits per heavy atom. The highest BCUT2D eigenvalue weighted by Gasteiger charge is 2.29. The first-order valence-electron chi connectivity index (χ1n) is 5.55. The predicted octanol–water partition coefficient (Wildman–Crippen LogP) is 0.930. The Balaban J connectivity index is 2.21. The van der Waals surface area contributed by atoms with E-state index in [1.807, 2.05) is 0 Å². The quantitative estimate of drug-likeness (QED) is 0.775. The van der Waals surface area contributed by atoms with E-state index in [0.29, 0.717) is 26.1 Å². The summed E-state index contributed by atoms with van der Waals surface area (Å²) < 4.78 is 31.2. The Morgan fingerprint density at radius 1 is 1.33 bits per heavy atom. The molecule has 1 saturated heterocycles. The minimum atomic E-state index is -3.56. The number of hydrogen-bond donors (Lipinski definition) is 0. The summed E-state index contributed by atoms with van der Waals surface area (Å²) in [7, 11) is -1.99. The van der Waals surface area contributed by atoms with E-state index in [1.54, 1.807) is 7.05 Å². The fourth-order valence-corrected chi connectivity index (χ4v) is 3.25. The number of nitrogens with zero attached hydrogens (tertiary/aromatic N) is 3. The van der Waals surface area contributed by atoms with Crippen molar-refractivity contribution in [3.8, 4) is 0 Å². The molecule has 0 bridgehead atoms. The van der Waals surface area contributed by atoms with Crippen molar-refractivity contribution in [2.45, 2.75) is 23.8 Å². The van der Waals surface area contributed by atoms with E-state index < -0.39 is 10.0 Å². The van der Waals surface area contributed by atoms with Crippen LogP contribution in [0.15, 0.2) is 17.3 Å². The number of ether oxygens (including phenoxy) is 1. The SMILES string of the molecule is CN(C1CCOCC1)S(=O)(=O)c1cnc(Cl)nc1. The van der Waals surface area contributed by atoms with Gasteiger partial charge in [0.2, 0.25) is 15.3 Å². The standard InChI is InChI=1S/C10H14ClN3O3S/c1-14(8-2-4-17-5-3-8)18(15,16)9-6-12-10(11)13-7-9/h6-8H,2-5H2,1H3. The van der Waals surface area contributed by atoms with Gasteiger partial charge in [0, 0.05) is 26.3 Å². The third kappa shape index (κ3) is 2.80. The van der Waals surface area contributed by atoms with Crippen molar-refractivity contribution in [2.24, 2.45) is 0 Å². The van der Waals surface area contributed by atoms with E-state index in [0.717, 1.165) is 0 Å². The fourth-order valence-electron chi connectivity index (χ4n) is 1.84. The molecule has 0 atom stereocenters. The van der Waals surface area contributed by atoms with Crippen molar-refractivity contribution in [3.63, 3.8) is 0 Å². The second-order valence-corrected chi connectivity index (χ2v) is 6.39. The molecule has 18 heavy (non-hydrogen) atoms. The molecule has 0 aliphatic carbocycles. The van der Waals surface area contributed by atoms with Crippen LogP contribution >= 0.6 is 11.6 Å². The molecule has 0 unspecified atom stereocenters. The van der Waals surface area contributed by atoms with Crippen molar-refractivity contribution in [2.75, 3.05) is 20.3 Å². The van der Waals surface area contributed by atoms with Gasteiger partial charge in [-0.15, -0.1) is 0 Å². The molecule has 0 saturated carbocycles. The molecule has 2 rings (SSSR count). The molecule has 1 aliphatic heterocycles. The summed E-state index contributed by atoms with van der Waals surface area (Å²) in [5.74, 6) is 0. The van der Waals surface area contributed by atoms with Crippen molar-refractivity contribution < 1.29 is 13.2 Å². The summed E-state index contributed by atoms with van der Waals surface area (Å²) in [5, 5.41) is 0.0302. The highest BCUT2D eigenvalue weighted by atomic mass is 35.5. The summed E-state index contributed by atoms with van der Waals surface area (Å²) in [4.78, 5) is 7.45. The van der Waals surface area contributed by atoms with E-state index in [9.17, 15) is 8.42 Å². The lowest BCUT2D eigenvalue weighted by molar-refractivity contribution is 0.0632. The van der Waals surface area contributed by atoms with Crippen LogP contribution in [0.3, 0.4) is 0 Å². The molecule has 0 radical (unpaired) electrons. The van der Waals surface area contributed by atoms with E-state index in [-0.39, 0.29) is 16.2 Å². The molecular weight excluding hydrogens is 278 g/mol. The molecule has 8 heteroatoms. The molecule has 1 aromatic rings. The number of hydrogen-bond acceptors (Lipinski definition) is 5. The average Bonchev–Trinajstić information content (AvgIpc) is 2.39. The number of aromatic nitrogens is 2. The molecule has 2 heterocycles. The minimum Gasteiger partial charge on any atom is -0.381 e. The molecule has 0 spiro atoms. The maximum Gasteiger partial charge on any atom is 0.246 e. The van der Waals surface area contributed by atoms with Crippen molar-refractivity contribution in [1.82, 2.24) is 14.3 Å². The normalized spacial score (nSPS) is 18.2. The highest BCUT2D eigenvalue weighted by Crippen LogP contribution is 2.21. The Bertz CT molecular complexity index is 500. The third-order valence-electron chi connectivity index (χ3n) is 2.98. The number of sulfonamides is 1. The van der Waals surface area contributed by atoms with Gasteiger partial charge in [0.05, 0.1) is 12.4 Å². The lowest BCUT2D eigenvalue weighted by atomic mass is 10.1. The van der Waals surface area contributed by atoms with Crippen LogP contribution in [-0.4, -0.2) is 49.0 Å². The van der Waals surface area contributed by atoms with E-state index in [4.69, 9.17) is 16.3 Å². The van der Waals surface area contributed by atoms with E-state index in [2.05, 4.69) is 9.97 Å². The van der Waals surface area contributed by atoms with Crippen molar-refractivity contribution in [1.29, 1.82) is 0 Å². The first-order valence-corrected chi connectivity index (χ1v) is 7.37. The fraction of sp³-hybridized carbons (Fsp3) is 0.600. The van der Waals surface area contributed by atoms with Gasteiger partial charge in [0.1, 0.15) is 4.90 Å². The Hall–Kier alpha value is -0.760. The third-order valence-corrected chi connectivity index (χ3v) is 5.04. The second-order valence-electron chi connectivity index (χ2n) is 4.05. The largest absolute Gasteiger partial charge is 0.381 e. The number of rotatable bonds is 3. The van der Waals surface area contributed by atoms with Gasteiger partial charge in [-0.3, -0.25) is 0 Å². The smallest absolute Gasteiger partial charge is 0.246 e. The summed E-state index contributed by atoms with van der Waals surface area (Å²) in [6, 6.07) is -0.0422. The Labute approximate surface area is 111 Å². The van der Waals surface area contributed by atoms with Crippen molar-refractivity contribution in [3.05, 3.63) is 17.7 Å². The van der Waals surface area contributed by atoms with Crippen molar-refractivity contribution >= 4 is 21.6 Å². The monoisotopic (exact) mass is 291 g/mol. The van der Waals surface area contributed by atoms with Gasteiger partial charge in [-0.25, -0.2) is 18.4 Å². The van der Waals surface area contributed by atoms with Gasteiger partial charge >= 0.3 is 0 Å². The summed E-state index contributed by atoms with van der Waals surface area (Å²) in [6.45, 7) is 1.17. The molecule has 6 nitrogen and oxygen atoms in total. The van der Waals surface area contributed by atoms with Crippen LogP contribution in [0, 0.1) is 0 Å². The predicted molar refractivity (Wildman–Crippen MR) is 65.8 cm³/mol. The maximum atomic E-state index is 12.3. The van der Waals surface area contributed by atoms with Crippen LogP contribution in [0.2, 0.25) is 5.28 Å². The zero-order chi connectivity index (χ0) is 13.2. The minimum absolute atomic E-state index is 0.0302. The molecule has 0 amide bonds. The Kier molecular flexibility index (Phi) is 4.16. The first-order chi connectivity index (χ1) is 8.51. The van der Waals surface area contributed by atoms with Crippen LogP contribution < -0.4 is 0 Å². The summed E-state index contributed by atoms with van der Waals surface area (Å²) >= 11 is 5.54. The van der Waals surface area contributed by atoms with Crippen LogP contribution in [-0.2, 0) is 14.8 Å². The topological polar surface area (TPSA) is 72.4 Å². The van der Waals surface area contributed by atoms with Crippen LogP contribution in [0.1, 0.15) is 12.8 Å². The summed E-state index contributed by atoms with van der Waals surface area (Å²) in [6.07, 6.45) is 3.84. The lowest BCUT2D eigenvalue weighted by Crippen LogP contribution is -2.40. The zero-order valence-electron chi connectivity index (χ0n) is 9.91. The van der Waals surface area contributed by atoms with Gasteiger partial charge in [0.25, 0.3) is 0 Å². The lowest BCUT2D eigenvalue weighted by Gasteiger charge is -2.30. The second kappa shape index (κ2) is 5.48. The van der Waals surface area contributed by atoms with Gasteiger partial charge < -0.3 is 4.74 Å². The molecule has 100 valence electrons. The van der Waals surface area contributed by atoms with Crippen LogP contribution in [0.25, 0.3) is 0 Å². The molecule has 1 aromatic heterocycles. The van der Waals surface area contributed by atoms with Gasteiger partial charge in [0.15, 0.2) is 0 Å². The van der Waals surface area contributed by atoms with Crippen LogP contribution in [0.4, 0.5) is 0 Å². The van der Waals surface area contributed by atoms with Crippen LogP contribution in [0.5, 0.6) is 0 Å².